The molecule has 1 heterocycles. The Bertz CT molecular complexity index is 1920. The van der Waals surface area contributed by atoms with E-state index in [0.717, 1.165) is 24.0 Å². The highest BCUT2D eigenvalue weighted by Gasteiger charge is 2.43. The number of anilines is 1. The zero-order valence-corrected chi connectivity index (χ0v) is 43.9. The highest BCUT2D eigenvalue weighted by Crippen LogP contribution is 2.32. The highest BCUT2D eigenvalue weighted by molar-refractivity contribution is 5.91. The van der Waals surface area contributed by atoms with Crippen molar-refractivity contribution in [2.24, 2.45) is 35.5 Å². The van der Waals surface area contributed by atoms with Crippen LogP contribution in [0.5, 0.6) is 0 Å². The van der Waals surface area contributed by atoms with E-state index >= 15 is 0 Å². The van der Waals surface area contributed by atoms with E-state index in [-0.39, 0.29) is 84.9 Å². The van der Waals surface area contributed by atoms with E-state index in [4.69, 9.17) is 14.2 Å². The molecule has 0 bridgehead atoms. The predicted octanol–water partition coefficient (Wildman–Crippen LogP) is 8.21. The molecule has 2 N–H and O–H groups in total. The Morgan fingerprint density at radius 2 is 1.43 bits per heavy atom. The molecule has 2 aromatic carbocycles. The molecule has 3 rings (SSSR count). The number of nitrogens with one attached hydrogen (secondary N) is 2. The van der Waals surface area contributed by atoms with Crippen molar-refractivity contribution in [3.8, 4) is 0 Å². The number of likely N-dealkylation sites (N-methyl/N-ethyl adjacent to an activating group) is 2. The molecule has 1 unspecified atom stereocenters. The van der Waals surface area contributed by atoms with Crippen LogP contribution in [0.2, 0.25) is 0 Å². The topological polar surface area (TPSA) is 164 Å². The molecule has 9 atom stereocenters. The first-order valence-electron chi connectivity index (χ1n) is 24.7. The highest BCUT2D eigenvalue weighted by atomic mass is 16.6. The average Bonchev–Trinajstić information content (AvgIpc) is 3.76. The molecule has 380 valence electrons. The number of hydrogen-bond acceptors (Lipinski definition) is 10. The molecule has 0 aromatic heterocycles. The summed E-state index contributed by atoms with van der Waals surface area (Å²) in [6.45, 7) is 20.0. The maximum Gasteiger partial charge on any atom is 0.412 e. The Morgan fingerprint density at radius 3 is 1.96 bits per heavy atom. The van der Waals surface area contributed by atoms with Crippen LogP contribution in [0.3, 0.4) is 0 Å². The normalized spacial score (nSPS) is 17.7. The molecule has 1 aliphatic heterocycles. The van der Waals surface area contributed by atoms with Gasteiger partial charge >= 0.3 is 6.09 Å². The summed E-state index contributed by atoms with van der Waals surface area (Å²) in [5, 5.41) is 5.74. The molecular weight excluding hydrogens is 863 g/mol. The van der Waals surface area contributed by atoms with Crippen LogP contribution in [0, 0.1) is 35.5 Å². The molecule has 14 nitrogen and oxygen atoms in total. The lowest BCUT2D eigenvalue weighted by molar-refractivity contribution is -0.149. The van der Waals surface area contributed by atoms with Gasteiger partial charge in [-0.05, 0) is 95.1 Å². The van der Waals surface area contributed by atoms with Crippen LogP contribution in [0.4, 0.5) is 10.5 Å². The summed E-state index contributed by atoms with van der Waals surface area (Å²) < 4.78 is 17.5. The first-order valence-corrected chi connectivity index (χ1v) is 24.7. The van der Waals surface area contributed by atoms with E-state index in [9.17, 15) is 28.8 Å². The Kier molecular flexibility index (Phi) is 22.8. The lowest BCUT2D eigenvalue weighted by Crippen LogP contribution is -2.54. The third kappa shape index (κ3) is 16.8. The molecule has 1 fully saturated rings. The van der Waals surface area contributed by atoms with E-state index in [1.165, 1.54) is 0 Å². The van der Waals surface area contributed by atoms with Crippen molar-refractivity contribution in [2.75, 3.05) is 47.2 Å². The number of methoxy groups -OCH3 is 2. The maximum atomic E-state index is 14.5. The maximum absolute atomic E-state index is 14.5. The second-order valence-corrected chi connectivity index (χ2v) is 20.9. The predicted molar refractivity (Wildman–Crippen MR) is 268 cm³/mol. The molecule has 68 heavy (non-hydrogen) atoms. The van der Waals surface area contributed by atoms with Crippen molar-refractivity contribution in [1.82, 2.24) is 20.0 Å². The van der Waals surface area contributed by atoms with Crippen molar-refractivity contribution in [2.45, 2.75) is 157 Å². The minimum absolute atomic E-state index is 0.0159. The van der Waals surface area contributed by atoms with Gasteiger partial charge in [0.05, 0.1) is 36.8 Å². The second-order valence-electron chi connectivity index (χ2n) is 20.9. The van der Waals surface area contributed by atoms with Gasteiger partial charge in [0, 0.05) is 70.6 Å². The molecule has 0 saturated carbocycles. The molecule has 2 aromatic rings. The fourth-order valence-electron chi connectivity index (χ4n) is 9.85. The number of ether oxygens (including phenoxy) is 3. The lowest BCUT2D eigenvalue weighted by atomic mass is 9.83. The number of likely N-dealkylation sites (tertiary alicyclic amines) is 1. The fourth-order valence-corrected chi connectivity index (χ4v) is 9.85. The van der Waals surface area contributed by atoms with Crippen molar-refractivity contribution in [3.05, 3.63) is 65.7 Å². The summed E-state index contributed by atoms with van der Waals surface area (Å²) in [7, 11) is 8.69. The van der Waals surface area contributed by atoms with Gasteiger partial charge in [-0.1, -0.05) is 97.4 Å². The number of benzene rings is 2. The van der Waals surface area contributed by atoms with Crippen LogP contribution in [-0.4, -0.2) is 128 Å². The number of carbonyl (C=O) groups excluding carboxylic acids is 6. The lowest BCUT2D eigenvalue weighted by Gasteiger charge is -2.41. The van der Waals surface area contributed by atoms with Crippen LogP contribution in [0.25, 0.3) is 0 Å². The van der Waals surface area contributed by atoms with E-state index in [0.29, 0.717) is 25.1 Å². The zero-order valence-electron chi connectivity index (χ0n) is 43.9. The van der Waals surface area contributed by atoms with Gasteiger partial charge < -0.3 is 29.3 Å². The molecular formula is C54H85N5O9. The minimum Gasteiger partial charge on any atom is -0.444 e. The van der Waals surface area contributed by atoms with Crippen molar-refractivity contribution >= 4 is 41.1 Å². The number of Topliss-reactive ketones (excluding diaryl/α,β-unsaturated/α-hetero) is 2. The third-order valence-corrected chi connectivity index (χ3v) is 13.6. The number of rotatable bonds is 26. The van der Waals surface area contributed by atoms with E-state index < -0.39 is 47.7 Å². The average molecular weight is 948 g/mol. The van der Waals surface area contributed by atoms with E-state index in [1.807, 2.05) is 101 Å². The van der Waals surface area contributed by atoms with Gasteiger partial charge in [-0.2, -0.15) is 0 Å². The number of nitrogens with zero attached hydrogens (tertiary/aromatic N) is 3. The minimum atomic E-state index is -0.669. The Morgan fingerprint density at radius 1 is 0.794 bits per heavy atom. The van der Waals surface area contributed by atoms with Gasteiger partial charge in [0.1, 0.15) is 11.4 Å². The third-order valence-electron chi connectivity index (χ3n) is 13.6. The van der Waals surface area contributed by atoms with Crippen LogP contribution in [0.15, 0.2) is 54.6 Å². The summed E-state index contributed by atoms with van der Waals surface area (Å²) in [5.74, 6) is -2.51. The largest absolute Gasteiger partial charge is 0.444 e. The summed E-state index contributed by atoms with van der Waals surface area (Å²) >= 11 is 0. The SMILES string of the molecule is CC[C@H](C)[C@@H]([C@@H](CC(=O)N1CCC[C@H]1[C@H](OC)[C@@H](C)C(=O)CC(Cc1ccccc1)C(=O)NCc1ccc(NC(=O)OC(C)(C)C)cc1)OC)N(C)C(=O)[C@@H](CC(=O)[C@H](C(C)C)N(C)C)C(C)C. The molecule has 0 spiro atoms. The molecule has 1 saturated heterocycles. The van der Waals surface area contributed by atoms with Crippen molar-refractivity contribution in [3.63, 3.8) is 0 Å². The molecule has 0 radical (unpaired) electrons. The van der Waals surface area contributed by atoms with Crippen LogP contribution in [-0.2, 0) is 51.1 Å². The monoisotopic (exact) mass is 948 g/mol. The standard InChI is InChI=1S/C54H85N5O9/c1-16-36(6)49(58(13)52(64)42(34(2)3)31-45(61)48(35(4)5)57(11)12)46(66-14)32-47(62)59-28-20-23-43(59)50(67-15)37(7)44(60)30-40(29-38-21-18-17-19-22-38)51(63)55-33-39-24-26-41(27-25-39)56-53(65)68-54(8,9)10/h17-19,21-22,24-27,34-37,40,42-43,46,48-50H,16,20,23,28-33H2,1-15H3,(H,55,63)(H,56,65)/t36-,37-,40?,42-,43-,46+,48-,49-,50+/m0/s1. The number of ketones is 2. The molecule has 14 heteroatoms. The van der Waals surface area contributed by atoms with Crippen molar-refractivity contribution in [1.29, 1.82) is 0 Å². The van der Waals surface area contributed by atoms with Crippen LogP contribution in [0.1, 0.15) is 119 Å². The molecule has 1 aliphatic rings. The Balaban J connectivity index is 1.77. The summed E-state index contributed by atoms with van der Waals surface area (Å²) in [6, 6.07) is 15.6. The van der Waals surface area contributed by atoms with Gasteiger partial charge in [-0.15, -0.1) is 0 Å². The molecule has 0 aliphatic carbocycles. The van der Waals surface area contributed by atoms with E-state index in [1.54, 1.807) is 59.1 Å². The smallest absolute Gasteiger partial charge is 0.412 e. The van der Waals surface area contributed by atoms with Gasteiger partial charge in [0.25, 0.3) is 0 Å². The van der Waals surface area contributed by atoms with Crippen LogP contribution < -0.4 is 10.6 Å². The van der Waals surface area contributed by atoms with Gasteiger partial charge in [-0.3, -0.25) is 34.2 Å². The number of hydrogen-bond donors (Lipinski definition) is 2. The van der Waals surface area contributed by atoms with Gasteiger partial charge in [-0.25, -0.2) is 4.79 Å². The van der Waals surface area contributed by atoms with E-state index in [2.05, 4.69) is 24.5 Å². The summed E-state index contributed by atoms with van der Waals surface area (Å²) in [5.41, 5.74) is 1.66. The Hall–Kier alpha value is -4.66. The second kappa shape index (κ2) is 26.9. The van der Waals surface area contributed by atoms with Crippen molar-refractivity contribution < 1.29 is 43.0 Å². The van der Waals surface area contributed by atoms with Gasteiger partial charge in [0.2, 0.25) is 17.7 Å². The first-order chi connectivity index (χ1) is 31.9. The number of carbonyl (C=O) groups is 6. The number of amides is 4. The quantitative estimate of drug-likeness (QED) is 0.0940. The van der Waals surface area contributed by atoms with Gasteiger partial charge in [0.15, 0.2) is 5.78 Å². The molecule has 4 amide bonds. The summed E-state index contributed by atoms with van der Waals surface area (Å²) in [6.07, 6.45) is 0.752. The fraction of sp³-hybridized carbons (Fsp3) is 0.667. The van der Waals surface area contributed by atoms with Crippen LogP contribution >= 0.6 is 0 Å². The zero-order chi connectivity index (χ0) is 51.0. The summed E-state index contributed by atoms with van der Waals surface area (Å²) in [4.78, 5) is 88.5. The first kappa shape index (κ1) is 57.7. The Labute approximate surface area is 407 Å².